The van der Waals surface area contributed by atoms with E-state index in [0.29, 0.717) is 6.54 Å². The summed E-state index contributed by atoms with van der Waals surface area (Å²) < 4.78 is 0. The van der Waals surface area contributed by atoms with Gasteiger partial charge in [-0.15, -0.1) is 0 Å². The van der Waals surface area contributed by atoms with Gasteiger partial charge in [-0.25, -0.2) is 9.97 Å². The van der Waals surface area contributed by atoms with E-state index in [4.69, 9.17) is 0 Å². The first kappa shape index (κ1) is 9.08. The largest absolute Gasteiger partial charge is 0.325 e. The molecule has 0 radical (unpaired) electrons. The maximum atomic E-state index is 11.2. The molecule has 2 heterocycles. The summed E-state index contributed by atoms with van der Waals surface area (Å²) in [5.74, 6) is 0.830. The van der Waals surface area contributed by atoms with E-state index in [1.54, 1.807) is 24.3 Å². The first-order valence-corrected chi connectivity index (χ1v) is 4.46. The average molecular weight is 192 g/mol. The predicted molar refractivity (Wildman–Crippen MR) is 50.3 cm³/mol. The van der Waals surface area contributed by atoms with Crippen LogP contribution in [0.2, 0.25) is 0 Å². The minimum Gasteiger partial charge on any atom is -0.325 e. The lowest BCUT2D eigenvalue weighted by molar-refractivity contribution is -0.126. The van der Waals surface area contributed by atoms with Gasteiger partial charge in [0.05, 0.1) is 6.54 Å². The quantitative estimate of drug-likeness (QED) is 0.672. The molecule has 1 fully saturated rings. The molecule has 1 aromatic heterocycles. The molecule has 0 aliphatic carbocycles. The highest BCUT2D eigenvalue weighted by atomic mass is 16.2. The fourth-order valence-electron chi connectivity index (χ4n) is 1.47. The minimum absolute atomic E-state index is 0.0805. The van der Waals surface area contributed by atoms with Crippen LogP contribution in [0.1, 0.15) is 17.6 Å². The van der Waals surface area contributed by atoms with Gasteiger partial charge >= 0.3 is 0 Å². The highest BCUT2D eigenvalue weighted by Crippen LogP contribution is 2.18. The van der Waals surface area contributed by atoms with Crippen LogP contribution in [-0.2, 0) is 4.79 Å². The van der Waals surface area contributed by atoms with Crippen LogP contribution in [0, 0.1) is 6.92 Å². The van der Waals surface area contributed by atoms with Gasteiger partial charge in [-0.3, -0.25) is 10.1 Å². The number of nitrogens with zero attached hydrogens (tertiary/aromatic N) is 3. The summed E-state index contributed by atoms with van der Waals surface area (Å²) in [5, 5.41) is 3.09. The Hall–Kier alpha value is -1.49. The number of likely N-dealkylation sites (N-methyl/N-ethyl adjacent to an activating group) is 1. The molecule has 1 N–H and O–H groups in total. The number of hydrogen-bond acceptors (Lipinski definition) is 4. The number of carbonyl (C=O) groups excluding carboxylic acids is 1. The number of amides is 1. The number of hydrogen-bond donors (Lipinski definition) is 1. The summed E-state index contributed by atoms with van der Waals surface area (Å²) in [7, 11) is 1.77. The van der Waals surface area contributed by atoms with E-state index >= 15 is 0 Å². The van der Waals surface area contributed by atoms with Gasteiger partial charge in [-0.2, -0.15) is 0 Å². The first-order chi connectivity index (χ1) is 6.68. The Bertz CT molecular complexity index is 348. The molecule has 74 valence electrons. The zero-order valence-electron chi connectivity index (χ0n) is 8.19. The molecule has 1 aromatic rings. The Morgan fingerprint density at radius 1 is 1.50 bits per heavy atom. The normalized spacial score (nSPS) is 21.7. The van der Waals surface area contributed by atoms with Crippen LogP contribution >= 0.6 is 0 Å². The zero-order chi connectivity index (χ0) is 10.1. The van der Waals surface area contributed by atoms with Crippen molar-refractivity contribution in [2.24, 2.45) is 0 Å². The average Bonchev–Trinajstić information content (AvgIpc) is 2.50. The maximum Gasteiger partial charge on any atom is 0.237 e. The molecule has 1 aliphatic heterocycles. The van der Waals surface area contributed by atoms with Gasteiger partial charge < -0.3 is 4.90 Å². The molecule has 5 heteroatoms. The minimum atomic E-state index is -0.0805. The smallest absolute Gasteiger partial charge is 0.237 e. The third kappa shape index (κ3) is 1.46. The fourth-order valence-corrected chi connectivity index (χ4v) is 1.47. The van der Waals surface area contributed by atoms with Crippen LogP contribution in [0.25, 0.3) is 0 Å². The summed E-state index contributed by atoms with van der Waals surface area (Å²) >= 11 is 0. The lowest BCUT2D eigenvalue weighted by Gasteiger charge is -2.18. The number of aryl methyl sites for hydroxylation is 1. The van der Waals surface area contributed by atoms with Gasteiger partial charge in [-0.1, -0.05) is 0 Å². The molecule has 5 nitrogen and oxygen atoms in total. The topological polar surface area (TPSA) is 58.1 Å². The molecular weight excluding hydrogens is 180 g/mol. The molecule has 1 atom stereocenters. The van der Waals surface area contributed by atoms with Crippen molar-refractivity contribution in [2.45, 2.75) is 13.1 Å². The summed E-state index contributed by atoms with van der Waals surface area (Å²) in [6, 6.07) is 0. The Morgan fingerprint density at radius 3 is 2.64 bits per heavy atom. The number of aromatic nitrogens is 2. The Balaban J connectivity index is 2.23. The molecular formula is C9H12N4O. The van der Waals surface area contributed by atoms with Crippen LogP contribution in [0.15, 0.2) is 12.4 Å². The molecule has 1 aliphatic rings. The van der Waals surface area contributed by atoms with Crippen molar-refractivity contribution < 1.29 is 4.79 Å². The van der Waals surface area contributed by atoms with Crippen molar-refractivity contribution in [1.82, 2.24) is 20.2 Å². The SMILES string of the molecule is Cc1ncc(C2NCC(=O)N2C)cn1. The van der Waals surface area contributed by atoms with E-state index in [0.717, 1.165) is 11.4 Å². The monoisotopic (exact) mass is 192 g/mol. The summed E-state index contributed by atoms with van der Waals surface area (Å²) in [5.41, 5.74) is 0.920. The third-order valence-corrected chi connectivity index (χ3v) is 2.34. The second-order valence-corrected chi connectivity index (χ2v) is 3.35. The van der Waals surface area contributed by atoms with E-state index in [1.165, 1.54) is 0 Å². The fraction of sp³-hybridized carbons (Fsp3) is 0.444. The molecule has 1 amide bonds. The van der Waals surface area contributed by atoms with E-state index in [2.05, 4.69) is 15.3 Å². The highest BCUT2D eigenvalue weighted by Gasteiger charge is 2.28. The molecule has 1 unspecified atom stereocenters. The molecule has 0 spiro atoms. The van der Waals surface area contributed by atoms with E-state index in [9.17, 15) is 4.79 Å². The van der Waals surface area contributed by atoms with Crippen molar-refractivity contribution in [3.63, 3.8) is 0 Å². The lowest BCUT2D eigenvalue weighted by atomic mass is 10.2. The van der Waals surface area contributed by atoms with Crippen molar-refractivity contribution in [2.75, 3.05) is 13.6 Å². The standard InChI is InChI=1S/C9H12N4O/c1-6-10-3-7(4-11-6)9-12-5-8(14)13(9)2/h3-4,9,12H,5H2,1-2H3. The summed E-state index contributed by atoms with van der Waals surface area (Å²) in [4.78, 5) is 21.1. The van der Waals surface area contributed by atoms with Crippen molar-refractivity contribution >= 4 is 5.91 Å². The van der Waals surface area contributed by atoms with Crippen LogP contribution in [0.3, 0.4) is 0 Å². The number of nitrogens with one attached hydrogen (secondary N) is 1. The van der Waals surface area contributed by atoms with Gasteiger partial charge in [0.15, 0.2) is 0 Å². The van der Waals surface area contributed by atoms with E-state index < -0.39 is 0 Å². The predicted octanol–water partition coefficient (Wildman–Crippen LogP) is -0.155. The third-order valence-electron chi connectivity index (χ3n) is 2.34. The lowest BCUT2D eigenvalue weighted by Crippen LogP contribution is -2.26. The molecule has 1 saturated heterocycles. The van der Waals surface area contributed by atoms with Gasteiger partial charge in [0, 0.05) is 25.0 Å². The highest BCUT2D eigenvalue weighted by molar-refractivity contribution is 5.80. The van der Waals surface area contributed by atoms with Crippen LogP contribution in [-0.4, -0.2) is 34.4 Å². The van der Waals surface area contributed by atoms with E-state index in [1.807, 2.05) is 6.92 Å². The molecule has 2 rings (SSSR count). The molecule has 0 saturated carbocycles. The number of rotatable bonds is 1. The van der Waals surface area contributed by atoms with E-state index in [-0.39, 0.29) is 12.1 Å². The van der Waals surface area contributed by atoms with Gasteiger partial charge in [0.2, 0.25) is 5.91 Å². The molecule has 14 heavy (non-hydrogen) atoms. The molecule has 0 bridgehead atoms. The van der Waals surface area contributed by atoms with Crippen LogP contribution < -0.4 is 5.32 Å². The Morgan fingerprint density at radius 2 is 2.14 bits per heavy atom. The van der Waals surface area contributed by atoms with Crippen molar-refractivity contribution in [3.8, 4) is 0 Å². The first-order valence-electron chi connectivity index (χ1n) is 4.46. The maximum absolute atomic E-state index is 11.2. The second kappa shape index (κ2) is 3.34. The van der Waals surface area contributed by atoms with Gasteiger partial charge in [0.1, 0.15) is 12.0 Å². The Kier molecular flexibility index (Phi) is 2.17. The van der Waals surface area contributed by atoms with Gasteiger partial charge in [-0.05, 0) is 6.92 Å². The van der Waals surface area contributed by atoms with Gasteiger partial charge in [0.25, 0.3) is 0 Å². The van der Waals surface area contributed by atoms with Crippen molar-refractivity contribution in [1.29, 1.82) is 0 Å². The Labute approximate surface area is 82.2 Å². The zero-order valence-corrected chi connectivity index (χ0v) is 8.19. The molecule has 0 aromatic carbocycles. The summed E-state index contributed by atoms with van der Waals surface area (Å²) in [6.45, 7) is 2.22. The van der Waals surface area contributed by atoms with Crippen LogP contribution in [0.5, 0.6) is 0 Å². The van der Waals surface area contributed by atoms with Crippen molar-refractivity contribution in [3.05, 3.63) is 23.8 Å². The summed E-state index contributed by atoms with van der Waals surface area (Å²) in [6.07, 6.45) is 3.41. The second-order valence-electron chi connectivity index (χ2n) is 3.35. The number of carbonyl (C=O) groups is 1. The van der Waals surface area contributed by atoms with Crippen LogP contribution in [0.4, 0.5) is 0 Å².